The van der Waals surface area contributed by atoms with Crippen molar-refractivity contribution in [3.63, 3.8) is 0 Å². The molecule has 1 aliphatic heterocycles. The van der Waals surface area contributed by atoms with Crippen LogP contribution in [0.25, 0.3) is 0 Å². The molecule has 4 nitrogen and oxygen atoms in total. The second-order valence-corrected chi connectivity index (χ2v) is 4.39. The second-order valence-electron chi connectivity index (χ2n) is 4.39. The SMILES string of the molecule is CC1(CCC(=O)NCc2c(F)cccc2F)N=N1. The Bertz CT molecular complexity index is 476. The van der Waals surface area contributed by atoms with Crippen molar-refractivity contribution in [1.82, 2.24) is 5.32 Å². The van der Waals surface area contributed by atoms with Crippen LogP contribution < -0.4 is 5.32 Å². The van der Waals surface area contributed by atoms with Gasteiger partial charge in [-0.05, 0) is 19.1 Å². The topological polar surface area (TPSA) is 53.8 Å². The fraction of sp³-hybridized carbons (Fsp3) is 0.417. The minimum absolute atomic E-state index is 0.127. The zero-order valence-corrected chi connectivity index (χ0v) is 9.91. The smallest absolute Gasteiger partial charge is 0.220 e. The lowest BCUT2D eigenvalue weighted by Gasteiger charge is -2.08. The summed E-state index contributed by atoms with van der Waals surface area (Å²) in [5.74, 6) is -1.58. The maximum absolute atomic E-state index is 13.3. The highest BCUT2D eigenvalue weighted by Crippen LogP contribution is 2.31. The van der Waals surface area contributed by atoms with Gasteiger partial charge in [0.1, 0.15) is 11.6 Å². The number of nitrogens with one attached hydrogen (secondary N) is 1. The largest absolute Gasteiger partial charge is 0.352 e. The van der Waals surface area contributed by atoms with Gasteiger partial charge in [-0.2, -0.15) is 10.2 Å². The Morgan fingerprint density at radius 3 is 2.50 bits per heavy atom. The zero-order valence-electron chi connectivity index (χ0n) is 9.91. The molecule has 0 spiro atoms. The van der Waals surface area contributed by atoms with Gasteiger partial charge in [-0.15, -0.1) is 0 Å². The molecule has 2 rings (SSSR count). The molecule has 0 saturated carbocycles. The van der Waals surface area contributed by atoms with E-state index in [1.165, 1.54) is 6.07 Å². The monoisotopic (exact) mass is 253 g/mol. The van der Waals surface area contributed by atoms with E-state index in [0.717, 1.165) is 12.1 Å². The number of hydrogen-bond acceptors (Lipinski definition) is 3. The van der Waals surface area contributed by atoms with Gasteiger partial charge < -0.3 is 5.32 Å². The van der Waals surface area contributed by atoms with Crippen molar-refractivity contribution >= 4 is 5.91 Å². The van der Waals surface area contributed by atoms with Crippen molar-refractivity contribution in [3.05, 3.63) is 35.4 Å². The van der Waals surface area contributed by atoms with Gasteiger partial charge in [0.15, 0.2) is 5.66 Å². The molecular formula is C12H13F2N3O. The van der Waals surface area contributed by atoms with E-state index in [1.807, 2.05) is 6.92 Å². The third-order valence-electron chi connectivity index (χ3n) is 2.79. The van der Waals surface area contributed by atoms with Gasteiger partial charge in [0.2, 0.25) is 5.91 Å². The minimum atomic E-state index is -0.658. The molecule has 96 valence electrons. The Kier molecular flexibility index (Phi) is 3.36. The Morgan fingerprint density at radius 1 is 1.33 bits per heavy atom. The molecule has 18 heavy (non-hydrogen) atoms. The van der Waals surface area contributed by atoms with Gasteiger partial charge in [0, 0.05) is 24.9 Å². The van der Waals surface area contributed by atoms with Crippen LogP contribution in [0.5, 0.6) is 0 Å². The third kappa shape index (κ3) is 3.09. The van der Waals surface area contributed by atoms with Crippen molar-refractivity contribution in [1.29, 1.82) is 0 Å². The molecule has 1 aliphatic rings. The predicted molar refractivity (Wildman–Crippen MR) is 60.7 cm³/mol. The van der Waals surface area contributed by atoms with Crippen LogP contribution in [0.4, 0.5) is 8.78 Å². The molecule has 0 bridgehead atoms. The van der Waals surface area contributed by atoms with Crippen LogP contribution in [-0.2, 0) is 11.3 Å². The molecule has 0 saturated heterocycles. The van der Waals surface area contributed by atoms with Gasteiger partial charge in [-0.1, -0.05) is 6.07 Å². The average molecular weight is 253 g/mol. The lowest BCUT2D eigenvalue weighted by molar-refractivity contribution is -0.121. The van der Waals surface area contributed by atoms with E-state index in [4.69, 9.17) is 0 Å². The Hall–Kier alpha value is -1.85. The number of benzene rings is 1. The molecule has 1 aromatic rings. The normalized spacial score (nSPS) is 15.5. The zero-order chi connectivity index (χ0) is 13.2. The molecule has 1 aromatic carbocycles. The second kappa shape index (κ2) is 4.80. The van der Waals surface area contributed by atoms with Crippen molar-refractivity contribution in [3.8, 4) is 0 Å². The molecule has 1 N–H and O–H groups in total. The number of carbonyl (C=O) groups excluding carboxylic acids is 1. The third-order valence-corrected chi connectivity index (χ3v) is 2.79. The molecule has 1 amide bonds. The van der Waals surface area contributed by atoms with E-state index in [9.17, 15) is 13.6 Å². The lowest BCUT2D eigenvalue weighted by atomic mass is 10.1. The summed E-state index contributed by atoms with van der Waals surface area (Å²) in [5.41, 5.74) is -0.557. The standard InChI is InChI=1S/C12H13F2N3O/c1-12(16-17-12)6-5-11(18)15-7-8-9(13)3-2-4-10(8)14/h2-4H,5-7H2,1H3,(H,15,18). The molecule has 6 heteroatoms. The van der Waals surface area contributed by atoms with Crippen LogP contribution in [-0.4, -0.2) is 11.6 Å². The molecule has 0 aromatic heterocycles. The van der Waals surface area contributed by atoms with Crippen LogP contribution in [0, 0.1) is 11.6 Å². The summed E-state index contributed by atoms with van der Waals surface area (Å²) < 4.78 is 26.5. The highest BCUT2D eigenvalue weighted by molar-refractivity contribution is 5.76. The first-order valence-corrected chi connectivity index (χ1v) is 5.64. The lowest BCUT2D eigenvalue weighted by Crippen LogP contribution is -2.25. The Morgan fingerprint density at radius 2 is 1.94 bits per heavy atom. The summed E-state index contributed by atoms with van der Waals surface area (Å²) >= 11 is 0. The van der Waals surface area contributed by atoms with E-state index in [0.29, 0.717) is 6.42 Å². The van der Waals surface area contributed by atoms with E-state index in [-0.39, 0.29) is 24.4 Å². The molecule has 1 heterocycles. The first-order valence-electron chi connectivity index (χ1n) is 5.64. The van der Waals surface area contributed by atoms with Gasteiger partial charge in [-0.25, -0.2) is 8.78 Å². The number of carbonyl (C=O) groups is 1. The van der Waals surface area contributed by atoms with Crippen LogP contribution in [0.15, 0.2) is 28.4 Å². The van der Waals surface area contributed by atoms with E-state index in [2.05, 4.69) is 15.5 Å². The van der Waals surface area contributed by atoms with Gasteiger partial charge in [-0.3, -0.25) is 4.79 Å². The van der Waals surface area contributed by atoms with Crippen LogP contribution in [0.2, 0.25) is 0 Å². The number of nitrogens with zero attached hydrogens (tertiary/aromatic N) is 2. The van der Waals surface area contributed by atoms with E-state index < -0.39 is 17.3 Å². The summed E-state index contributed by atoms with van der Waals surface area (Å²) in [6.07, 6.45) is 0.748. The highest BCUT2D eigenvalue weighted by Gasteiger charge is 2.33. The van der Waals surface area contributed by atoms with E-state index in [1.54, 1.807) is 0 Å². The number of rotatable bonds is 5. The van der Waals surface area contributed by atoms with Crippen molar-refractivity contribution in [2.24, 2.45) is 10.2 Å². The highest BCUT2D eigenvalue weighted by atomic mass is 19.1. The minimum Gasteiger partial charge on any atom is -0.352 e. The summed E-state index contributed by atoms with van der Waals surface area (Å²) in [6.45, 7) is 1.67. The summed E-state index contributed by atoms with van der Waals surface area (Å²) in [7, 11) is 0. The molecule has 0 atom stereocenters. The van der Waals surface area contributed by atoms with E-state index >= 15 is 0 Å². The van der Waals surface area contributed by atoms with Crippen molar-refractivity contribution in [2.75, 3.05) is 0 Å². The summed E-state index contributed by atoms with van der Waals surface area (Å²) in [4.78, 5) is 11.5. The molecule has 0 radical (unpaired) electrons. The number of amides is 1. The predicted octanol–water partition coefficient (Wildman–Crippen LogP) is 2.54. The van der Waals surface area contributed by atoms with Gasteiger partial charge in [0.05, 0.1) is 0 Å². The number of hydrogen-bond donors (Lipinski definition) is 1. The van der Waals surface area contributed by atoms with Gasteiger partial charge in [0.25, 0.3) is 0 Å². The van der Waals surface area contributed by atoms with Crippen LogP contribution >= 0.6 is 0 Å². The Labute approximate surface area is 103 Å². The quantitative estimate of drug-likeness (QED) is 0.861. The average Bonchev–Trinajstić information content (AvgIpc) is 3.05. The van der Waals surface area contributed by atoms with Crippen LogP contribution in [0.1, 0.15) is 25.3 Å². The van der Waals surface area contributed by atoms with Crippen molar-refractivity contribution < 1.29 is 13.6 Å². The molecule has 0 fully saturated rings. The molecule has 0 unspecified atom stereocenters. The summed E-state index contributed by atoms with van der Waals surface area (Å²) in [6, 6.07) is 3.61. The Balaban J connectivity index is 1.81. The summed E-state index contributed by atoms with van der Waals surface area (Å²) in [5, 5.41) is 10.0. The first-order chi connectivity index (χ1) is 8.50. The number of halogens is 2. The maximum atomic E-state index is 13.3. The van der Waals surface area contributed by atoms with Crippen LogP contribution in [0.3, 0.4) is 0 Å². The molecule has 0 aliphatic carbocycles. The fourth-order valence-electron chi connectivity index (χ4n) is 1.51. The van der Waals surface area contributed by atoms with Crippen molar-refractivity contribution in [2.45, 2.75) is 32.0 Å². The maximum Gasteiger partial charge on any atom is 0.220 e. The fourth-order valence-corrected chi connectivity index (χ4v) is 1.51. The first kappa shape index (κ1) is 12.6. The van der Waals surface area contributed by atoms with Gasteiger partial charge >= 0.3 is 0 Å². The molecular weight excluding hydrogens is 240 g/mol.